The fourth-order valence-electron chi connectivity index (χ4n) is 4.55. The van der Waals surface area contributed by atoms with Gasteiger partial charge in [0.15, 0.2) is 11.5 Å². The number of nitrogens with zero attached hydrogens (tertiary/aromatic N) is 5. The minimum absolute atomic E-state index is 0.0510. The molecule has 0 aliphatic carbocycles. The molecule has 180 valence electrons. The summed E-state index contributed by atoms with van der Waals surface area (Å²) in [5.74, 6) is 0.976. The van der Waals surface area contributed by atoms with Crippen LogP contribution in [-0.2, 0) is 6.54 Å². The maximum absolute atomic E-state index is 12.8. The van der Waals surface area contributed by atoms with E-state index in [2.05, 4.69) is 41.8 Å². The molecule has 0 saturated carbocycles. The van der Waals surface area contributed by atoms with Crippen LogP contribution in [0.3, 0.4) is 0 Å². The van der Waals surface area contributed by atoms with Crippen LogP contribution < -0.4 is 5.69 Å². The molecule has 1 saturated heterocycles. The first-order valence-corrected chi connectivity index (χ1v) is 12.0. The molecule has 4 aromatic rings. The Bertz CT molecular complexity index is 1410. The molecule has 1 aliphatic rings. The SMILES string of the molecule is CC(C)c1ccccc1-c1ncc2[nH]c(=O)n(Cc3ccc(C(=O)N4CCN(C)CC4)cc3)c2n1. The average molecular weight is 471 g/mol. The number of hydrogen-bond donors (Lipinski definition) is 1. The molecule has 5 rings (SSSR count). The Kier molecular flexibility index (Phi) is 6.21. The van der Waals surface area contributed by atoms with Gasteiger partial charge in [-0.15, -0.1) is 0 Å². The highest BCUT2D eigenvalue weighted by molar-refractivity contribution is 5.94. The summed E-state index contributed by atoms with van der Waals surface area (Å²) < 4.78 is 1.62. The molecule has 1 N–H and O–H groups in total. The van der Waals surface area contributed by atoms with Crippen molar-refractivity contribution in [1.82, 2.24) is 29.3 Å². The molecule has 8 heteroatoms. The minimum Gasteiger partial charge on any atom is -0.336 e. The first-order valence-electron chi connectivity index (χ1n) is 12.0. The fourth-order valence-corrected chi connectivity index (χ4v) is 4.55. The van der Waals surface area contributed by atoms with E-state index in [-0.39, 0.29) is 11.6 Å². The molecule has 0 unspecified atom stereocenters. The molecule has 1 fully saturated rings. The van der Waals surface area contributed by atoms with Crippen molar-refractivity contribution < 1.29 is 4.79 Å². The van der Waals surface area contributed by atoms with Crippen LogP contribution >= 0.6 is 0 Å². The lowest BCUT2D eigenvalue weighted by Crippen LogP contribution is -2.47. The number of benzene rings is 2. The van der Waals surface area contributed by atoms with Crippen molar-refractivity contribution in [2.45, 2.75) is 26.3 Å². The minimum atomic E-state index is -0.235. The molecular weight excluding hydrogens is 440 g/mol. The van der Waals surface area contributed by atoms with E-state index >= 15 is 0 Å². The highest BCUT2D eigenvalue weighted by Crippen LogP contribution is 2.27. The predicted octanol–water partition coefficient (Wildman–Crippen LogP) is 3.35. The number of amides is 1. The lowest BCUT2D eigenvalue weighted by atomic mass is 9.97. The van der Waals surface area contributed by atoms with Crippen LogP contribution in [0, 0.1) is 0 Å². The van der Waals surface area contributed by atoms with E-state index in [9.17, 15) is 9.59 Å². The lowest BCUT2D eigenvalue weighted by molar-refractivity contribution is 0.0664. The topological polar surface area (TPSA) is 87.1 Å². The summed E-state index contributed by atoms with van der Waals surface area (Å²) in [6, 6.07) is 15.6. The number of aromatic amines is 1. The predicted molar refractivity (Wildman–Crippen MR) is 137 cm³/mol. The first-order chi connectivity index (χ1) is 16.9. The van der Waals surface area contributed by atoms with E-state index in [0.717, 1.165) is 42.9 Å². The zero-order valence-electron chi connectivity index (χ0n) is 20.4. The van der Waals surface area contributed by atoms with Crippen LogP contribution in [0.2, 0.25) is 0 Å². The Hall–Kier alpha value is -3.78. The summed E-state index contributed by atoms with van der Waals surface area (Å²) in [7, 11) is 2.07. The number of H-pyrrole nitrogens is 1. The number of imidazole rings is 1. The summed E-state index contributed by atoms with van der Waals surface area (Å²) >= 11 is 0. The van der Waals surface area contributed by atoms with Gasteiger partial charge in [0.2, 0.25) is 0 Å². The van der Waals surface area contributed by atoms with Crippen LogP contribution in [-0.4, -0.2) is 68.5 Å². The van der Waals surface area contributed by atoms with Gasteiger partial charge < -0.3 is 14.8 Å². The smallest absolute Gasteiger partial charge is 0.328 e. The van der Waals surface area contributed by atoms with Gasteiger partial charge in [-0.05, 0) is 36.2 Å². The number of fused-ring (bicyclic) bond motifs is 1. The number of likely N-dealkylation sites (N-methyl/N-ethyl adjacent to an activating group) is 1. The van der Waals surface area contributed by atoms with Crippen LogP contribution in [0.4, 0.5) is 0 Å². The van der Waals surface area contributed by atoms with E-state index in [0.29, 0.717) is 35.0 Å². The van der Waals surface area contributed by atoms with E-state index in [1.807, 2.05) is 47.4 Å². The third-order valence-corrected chi connectivity index (χ3v) is 6.67. The highest BCUT2D eigenvalue weighted by Gasteiger charge is 2.20. The molecule has 0 spiro atoms. The number of aromatic nitrogens is 4. The Morgan fingerprint density at radius 1 is 1.03 bits per heavy atom. The number of carbonyl (C=O) groups is 1. The van der Waals surface area contributed by atoms with E-state index in [1.54, 1.807) is 10.8 Å². The van der Waals surface area contributed by atoms with Gasteiger partial charge in [-0.25, -0.2) is 14.8 Å². The fraction of sp³-hybridized carbons (Fsp3) is 0.333. The second kappa shape index (κ2) is 9.46. The van der Waals surface area contributed by atoms with Crippen LogP contribution in [0.25, 0.3) is 22.6 Å². The average Bonchev–Trinajstić information content (AvgIpc) is 3.18. The van der Waals surface area contributed by atoms with Crippen molar-refractivity contribution in [2.75, 3.05) is 33.2 Å². The standard InChI is InChI=1S/C27H30N6O2/c1-18(2)21-6-4-5-7-22(21)24-28-16-23-25(30-24)33(27(35)29-23)17-19-8-10-20(11-9-19)26(34)32-14-12-31(3)13-15-32/h4-11,16,18H,12-15,17H2,1-3H3,(H,29,35). The van der Waals surface area contributed by atoms with E-state index in [1.165, 1.54) is 0 Å². The normalized spacial score (nSPS) is 14.7. The molecule has 2 aromatic heterocycles. The summed E-state index contributed by atoms with van der Waals surface area (Å²) in [5.41, 5.74) is 4.65. The van der Waals surface area contributed by atoms with Crippen molar-refractivity contribution in [3.63, 3.8) is 0 Å². The van der Waals surface area contributed by atoms with E-state index in [4.69, 9.17) is 4.98 Å². The van der Waals surface area contributed by atoms with Crippen molar-refractivity contribution in [2.24, 2.45) is 0 Å². The Morgan fingerprint density at radius 2 is 1.74 bits per heavy atom. The molecule has 3 heterocycles. The Morgan fingerprint density at radius 3 is 2.46 bits per heavy atom. The zero-order chi connectivity index (χ0) is 24.5. The molecule has 0 radical (unpaired) electrons. The van der Waals surface area contributed by atoms with Crippen LogP contribution in [0.15, 0.2) is 59.5 Å². The maximum atomic E-state index is 12.8. The Labute approximate surface area is 204 Å². The Balaban J connectivity index is 1.42. The highest BCUT2D eigenvalue weighted by atomic mass is 16.2. The van der Waals surface area contributed by atoms with Gasteiger partial charge in [0.05, 0.1) is 12.7 Å². The lowest BCUT2D eigenvalue weighted by Gasteiger charge is -2.32. The van der Waals surface area contributed by atoms with Crippen molar-refractivity contribution in [3.8, 4) is 11.4 Å². The quantitative estimate of drug-likeness (QED) is 0.483. The molecule has 8 nitrogen and oxygen atoms in total. The molecule has 35 heavy (non-hydrogen) atoms. The van der Waals surface area contributed by atoms with Crippen molar-refractivity contribution in [3.05, 3.63) is 81.9 Å². The van der Waals surface area contributed by atoms with Gasteiger partial charge in [0, 0.05) is 37.3 Å². The molecule has 0 atom stereocenters. The second-order valence-electron chi connectivity index (χ2n) is 9.48. The maximum Gasteiger partial charge on any atom is 0.328 e. The van der Waals surface area contributed by atoms with Gasteiger partial charge in [-0.1, -0.05) is 50.2 Å². The number of carbonyl (C=O) groups excluding carboxylic acids is 1. The first kappa shape index (κ1) is 23.0. The largest absolute Gasteiger partial charge is 0.336 e. The second-order valence-corrected chi connectivity index (χ2v) is 9.48. The van der Waals surface area contributed by atoms with Gasteiger partial charge in [-0.3, -0.25) is 9.36 Å². The number of rotatable bonds is 5. The third kappa shape index (κ3) is 4.61. The monoisotopic (exact) mass is 470 g/mol. The molecule has 0 bridgehead atoms. The van der Waals surface area contributed by atoms with Gasteiger partial charge in [0.25, 0.3) is 5.91 Å². The third-order valence-electron chi connectivity index (χ3n) is 6.67. The molecular formula is C27H30N6O2. The van der Waals surface area contributed by atoms with Gasteiger partial charge in [-0.2, -0.15) is 0 Å². The number of piperazine rings is 1. The van der Waals surface area contributed by atoms with E-state index < -0.39 is 0 Å². The molecule has 2 aromatic carbocycles. The molecule has 1 aliphatic heterocycles. The van der Waals surface area contributed by atoms with Crippen LogP contribution in [0.5, 0.6) is 0 Å². The van der Waals surface area contributed by atoms with Gasteiger partial charge in [0.1, 0.15) is 5.52 Å². The van der Waals surface area contributed by atoms with Crippen molar-refractivity contribution in [1.29, 1.82) is 0 Å². The molecule has 1 amide bonds. The number of nitrogens with one attached hydrogen (secondary N) is 1. The summed E-state index contributed by atoms with van der Waals surface area (Å²) in [5, 5.41) is 0. The summed E-state index contributed by atoms with van der Waals surface area (Å²) in [6.07, 6.45) is 1.67. The van der Waals surface area contributed by atoms with Crippen molar-refractivity contribution >= 4 is 17.1 Å². The van der Waals surface area contributed by atoms with Gasteiger partial charge >= 0.3 is 5.69 Å². The summed E-state index contributed by atoms with van der Waals surface area (Å²) in [4.78, 5) is 41.9. The zero-order valence-corrected chi connectivity index (χ0v) is 20.4. The summed E-state index contributed by atoms with van der Waals surface area (Å²) in [6.45, 7) is 7.89. The number of hydrogen-bond acceptors (Lipinski definition) is 5. The van der Waals surface area contributed by atoms with Crippen LogP contribution in [0.1, 0.15) is 41.3 Å².